The smallest absolute Gasteiger partial charge is 0.253 e. The highest BCUT2D eigenvalue weighted by molar-refractivity contribution is 7.89. The van der Waals surface area contributed by atoms with Crippen molar-refractivity contribution >= 4 is 38.7 Å². The van der Waals surface area contributed by atoms with Gasteiger partial charge in [0.15, 0.2) is 5.75 Å². The average molecular weight is 476 g/mol. The van der Waals surface area contributed by atoms with Crippen molar-refractivity contribution in [2.24, 2.45) is 5.92 Å². The number of hydrogen-bond acceptors (Lipinski definition) is 7. The van der Waals surface area contributed by atoms with Gasteiger partial charge in [-0.2, -0.15) is 0 Å². The molecule has 0 aromatic heterocycles. The first-order chi connectivity index (χ1) is 15.1. The van der Waals surface area contributed by atoms with Gasteiger partial charge in [0.1, 0.15) is 16.3 Å². The van der Waals surface area contributed by atoms with Crippen LogP contribution in [0.1, 0.15) is 24.4 Å². The highest BCUT2D eigenvalue weighted by Crippen LogP contribution is 2.44. The van der Waals surface area contributed by atoms with E-state index in [9.17, 15) is 23.1 Å². The van der Waals surface area contributed by atoms with E-state index in [0.29, 0.717) is 5.92 Å². The number of nitrogens with one attached hydrogen (secondary N) is 2. The molecule has 1 aliphatic rings. The fourth-order valence-electron chi connectivity index (χ4n) is 3.58. The third-order valence-corrected chi connectivity index (χ3v) is 7.86. The minimum atomic E-state index is -4.05. The Hall–Kier alpha value is -2.88. The van der Waals surface area contributed by atoms with Crippen LogP contribution in [0.25, 0.3) is 0 Å². The van der Waals surface area contributed by atoms with Crippen molar-refractivity contribution in [2.45, 2.75) is 23.8 Å². The third kappa shape index (κ3) is 3.87. The van der Waals surface area contributed by atoms with Crippen molar-refractivity contribution in [2.75, 3.05) is 24.7 Å². The lowest BCUT2D eigenvalue weighted by atomic mass is 10.0. The second-order valence-corrected chi connectivity index (χ2v) is 10.5. The lowest BCUT2D eigenvalue weighted by Crippen LogP contribution is -2.37. The zero-order chi connectivity index (χ0) is 23.2. The van der Waals surface area contributed by atoms with Crippen LogP contribution in [-0.4, -0.2) is 31.9 Å². The Morgan fingerprint density at radius 2 is 1.66 bits per heavy atom. The Kier molecular flexibility index (Phi) is 5.74. The van der Waals surface area contributed by atoms with Gasteiger partial charge in [-0.05, 0) is 36.5 Å². The SMILES string of the molecule is CN(C)S(=O)(=O)c1c(Cl)ccc(Nc2c(N[C@@H](c3ccccc3)C3CC3)c(=O)c2=O)c1O. The zero-order valence-corrected chi connectivity index (χ0v) is 19.0. The number of phenols is 1. The first-order valence-corrected chi connectivity index (χ1v) is 11.8. The van der Waals surface area contributed by atoms with E-state index in [1.807, 2.05) is 30.3 Å². The molecule has 10 heteroatoms. The molecule has 0 saturated heterocycles. The van der Waals surface area contributed by atoms with Crippen LogP contribution >= 0.6 is 11.6 Å². The van der Waals surface area contributed by atoms with Crippen molar-refractivity contribution in [3.8, 4) is 5.75 Å². The molecule has 1 aliphatic carbocycles. The van der Waals surface area contributed by atoms with Gasteiger partial charge in [0, 0.05) is 14.1 Å². The van der Waals surface area contributed by atoms with Gasteiger partial charge in [-0.15, -0.1) is 0 Å². The molecule has 32 heavy (non-hydrogen) atoms. The number of halogens is 1. The van der Waals surface area contributed by atoms with E-state index in [2.05, 4.69) is 10.6 Å². The number of anilines is 3. The molecule has 8 nitrogen and oxygen atoms in total. The Labute approximate surface area is 190 Å². The quantitative estimate of drug-likeness (QED) is 0.338. The number of rotatable bonds is 8. The Morgan fingerprint density at radius 3 is 2.25 bits per heavy atom. The molecule has 0 unspecified atom stereocenters. The van der Waals surface area contributed by atoms with Crippen LogP contribution in [0.5, 0.6) is 5.75 Å². The highest BCUT2D eigenvalue weighted by atomic mass is 35.5. The summed E-state index contributed by atoms with van der Waals surface area (Å²) in [4.78, 5) is 24.2. The van der Waals surface area contributed by atoms with Crippen LogP contribution in [0, 0.1) is 5.92 Å². The summed E-state index contributed by atoms with van der Waals surface area (Å²) in [6, 6.07) is 12.1. The van der Waals surface area contributed by atoms with Crippen molar-refractivity contribution in [1.29, 1.82) is 0 Å². The molecule has 0 aliphatic heterocycles. The topological polar surface area (TPSA) is 116 Å². The van der Waals surface area contributed by atoms with E-state index < -0.39 is 31.5 Å². The molecule has 1 saturated carbocycles. The number of benzene rings is 2. The number of phenolic OH excluding ortho intramolecular Hbond substituents is 1. The molecular weight excluding hydrogens is 454 g/mol. The minimum Gasteiger partial charge on any atom is -0.504 e. The van der Waals surface area contributed by atoms with Gasteiger partial charge < -0.3 is 15.7 Å². The standard InChI is InChI=1S/C22H22ClN3O5S/c1-26(2)32(30,31)22-14(23)10-11-15(19(22)27)24-17-18(21(29)20(17)28)25-16(13-8-9-13)12-6-4-3-5-7-12/h3-7,10-11,13,16,24-25,27H,8-9H2,1-2H3/t16-/m0/s1. The van der Waals surface area contributed by atoms with Crippen molar-refractivity contribution in [3.63, 3.8) is 0 Å². The minimum absolute atomic E-state index is 0.0256. The molecule has 168 valence electrons. The summed E-state index contributed by atoms with van der Waals surface area (Å²) in [5.41, 5.74) is -0.370. The molecule has 0 bridgehead atoms. The van der Waals surface area contributed by atoms with Gasteiger partial charge in [0.25, 0.3) is 10.9 Å². The average Bonchev–Trinajstić information content (AvgIpc) is 3.60. The summed E-state index contributed by atoms with van der Waals surface area (Å²) in [5.74, 6) is -0.289. The first-order valence-electron chi connectivity index (χ1n) is 9.98. The van der Waals surface area contributed by atoms with Crippen molar-refractivity contribution in [3.05, 3.63) is 73.5 Å². The maximum atomic E-state index is 12.6. The van der Waals surface area contributed by atoms with E-state index >= 15 is 0 Å². The predicted molar refractivity (Wildman–Crippen MR) is 124 cm³/mol. The maximum Gasteiger partial charge on any atom is 0.253 e. The van der Waals surface area contributed by atoms with Gasteiger partial charge in [-0.3, -0.25) is 9.59 Å². The van der Waals surface area contributed by atoms with E-state index in [1.54, 1.807) is 0 Å². The zero-order valence-electron chi connectivity index (χ0n) is 17.4. The van der Waals surface area contributed by atoms with E-state index in [-0.39, 0.29) is 28.1 Å². The summed E-state index contributed by atoms with van der Waals surface area (Å²) in [5, 5.41) is 16.4. The van der Waals surface area contributed by atoms with Gasteiger partial charge in [0.05, 0.1) is 16.8 Å². The molecule has 0 heterocycles. The Morgan fingerprint density at radius 1 is 1.03 bits per heavy atom. The summed E-state index contributed by atoms with van der Waals surface area (Å²) >= 11 is 6.03. The molecule has 0 amide bonds. The fraction of sp³-hybridized carbons (Fsp3) is 0.273. The molecular formula is C22H22ClN3O5S. The van der Waals surface area contributed by atoms with E-state index in [1.165, 1.54) is 26.2 Å². The van der Waals surface area contributed by atoms with Gasteiger partial charge in [0.2, 0.25) is 10.0 Å². The maximum absolute atomic E-state index is 12.6. The molecule has 0 spiro atoms. The van der Waals surface area contributed by atoms with Crippen LogP contribution in [0.4, 0.5) is 17.1 Å². The second kappa shape index (κ2) is 8.23. The molecule has 0 radical (unpaired) electrons. The van der Waals surface area contributed by atoms with Crippen LogP contribution < -0.4 is 21.5 Å². The summed E-state index contributed by atoms with van der Waals surface area (Å²) in [7, 11) is -1.43. The Bertz CT molecular complexity index is 1340. The van der Waals surface area contributed by atoms with Gasteiger partial charge >= 0.3 is 0 Å². The lowest BCUT2D eigenvalue weighted by molar-refractivity contribution is 0.455. The van der Waals surface area contributed by atoms with Gasteiger partial charge in [-0.1, -0.05) is 41.9 Å². The van der Waals surface area contributed by atoms with Crippen LogP contribution in [0.15, 0.2) is 56.9 Å². The van der Waals surface area contributed by atoms with Crippen LogP contribution in [-0.2, 0) is 10.0 Å². The van der Waals surface area contributed by atoms with E-state index in [0.717, 1.165) is 22.7 Å². The molecule has 1 fully saturated rings. The van der Waals surface area contributed by atoms with Crippen LogP contribution in [0.2, 0.25) is 5.02 Å². The predicted octanol–water partition coefficient (Wildman–Crippen LogP) is 3.20. The first kappa shape index (κ1) is 22.3. The van der Waals surface area contributed by atoms with Crippen LogP contribution in [0.3, 0.4) is 0 Å². The second-order valence-electron chi connectivity index (χ2n) is 7.96. The summed E-state index contributed by atoms with van der Waals surface area (Å²) in [6.45, 7) is 0. The van der Waals surface area contributed by atoms with Gasteiger partial charge in [-0.25, -0.2) is 12.7 Å². The highest BCUT2D eigenvalue weighted by Gasteiger charge is 2.35. The van der Waals surface area contributed by atoms with Crippen molar-refractivity contribution in [1.82, 2.24) is 4.31 Å². The fourth-order valence-corrected chi connectivity index (χ4v) is 5.06. The lowest BCUT2D eigenvalue weighted by Gasteiger charge is -2.23. The Balaban J connectivity index is 1.69. The monoisotopic (exact) mass is 475 g/mol. The molecule has 1 atom stereocenters. The molecule has 4 rings (SSSR count). The molecule has 3 aromatic rings. The normalized spacial score (nSPS) is 15.1. The largest absolute Gasteiger partial charge is 0.504 e. The molecule has 3 N–H and O–H groups in total. The number of hydrogen-bond donors (Lipinski definition) is 3. The summed E-state index contributed by atoms with van der Waals surface area (Å²) < 4.78 is 26.1. The van der Waals surface area contributed by atoms with E-state index in [4.69, 9.17) is 11.6 Å². The molecule has 3 aromatic carbocycles. The van der Waals surface area contributed by atoms with Crippen molar-refractivity contribution < 1.29 is 13.5 Å². The number of nitrogens with zero attached hydrogens (tertiary/aromatic N) is 1. The summed E-state index contributed by atoms with van der Waals surface area (Å²) in [6.07, 6.45) is 2.02. The number of aromatic hydroxyl groups is 1. The third-order valence-electron chi connectivity index (χ3n) is 5.54. The number of sulfonamides is 1.